The zero-order valence-corrected chi connectivity index (χ0v) is 16.7. The van der Waals surface area contributed by atoms with Crippen LogP contribution in [0.1, 0.15) is 31.5 Å². The molecule has 2 aromatic rings. The standard InChI is InChI=1S/C20H21FN4O5/c1-4-12-16-20(17(26)22-19(28)23-18(20)27)6-10-5-11-9(3)24-30-15(11)13(21)14(10)25(16)7-8(2)29-12/h5,8,12,16H,4,6-7H2,1-3H3,(H2,22,23,26,27,28)/t8-,12+,16-/m1/s1. The lowest BCUT2D eigenvalue weighted by Gasteiger charge is -2.55. The quantitative estimate of drug-likeness (QED) is 0.678. The van der Waals surface area contributed by atoms with Gasteiger partial charge in [0.2, 0.25) is 17.4 Å². The van der Waals surface area contributed by atoms with Crippen LogP contribution in [0, 0.1) is 18.2 Å². The summed E-state index contributed by atoms with van der Waals surface area (Å²) in [6.45, 7) is 5.72. The van der Waals surface area contributed by atoms with Crippen molar-refractivity contribution in [3.63, 3.8) is 0 Å². The maximum absolute atomic E-state index is 15.6. The molecule has 0 bridgehead atoms. The number of imide groups is 2. The smallest absolute Gasteiger partial charge is 0.328 e. The fourth-order valence-electron chi connectivity index (χ4n) is 5.18. The van der Waals surface area contributed by atoms with Crippen LogP contribution in [0.2, 0.25) is 0 Å². The molecule has 3 atom stereocenters. The second-order valence-electron chi connectivity index (χ2n) is 8.22. The van der Waals surface area contributed by atoms with Crippen LogP contribution in [-0.4, -0.2) is 47.8 Å². The van der Waals surface area contributed by atoms with E-state index in [0.717, 1.165) is 0 Å². The number of urea groups is 1. The van der Waals surface area contributed by atoms with Gasteiger partial charge in [-0.3, -0.25) is 20.2 Å². The van der Waals surface area contributed by atoms with Crippen LogP contribution in [0.4, 0.5) is 14.9 Å². The van der Waals surface area contributed by atoms with Crippen molar-refractivity contribution in [1.82, 2.24) is 15.8 Å². The number of fused-ring (bicyclic) bond motifs is 5. The summed E-state index contributed by atoms with van der Waals surface area (Å²) in [5.74, 6) is -1.97. The van der Waals surface area contributed by atoms with Crippen LogP contribution in [0.15, 0.2) is 10.6 Å². The number of aryl methyl sites for hydroxylation is 1. The van der Waals surface area contributed by atoms with Gasteiger partial charge in [0, 0.05) is 18.4 Å². The summed E-state index contributed by atoms with van der Waals surface area (Å²) in [6, 6.07) is 0.0770. The summed E-state index contributed by atoms with van der Waals surface area (Å²) >= 11 is 0. The Balaban J connectivity index is 1.80. The van der Waals surface area contributed by atoms with Gasteiger partial charge in [0.05, 0.1) is 29.6 Å². The van der Waals surface area contributed by atoms with Gasteiger partial charge in [0.15, 0.2) is 11.2 Å². The maximum atomic E-state index is 15.6. The summed E-state index contributed by atoms with van der Waals surface area (Å²) in [6.07, 6.45) is -0.335. The molecule has 10 heteroatoms. The molecule has 9 nitrogen and oxygen atoms in total. The molecule has 4 amide bonds. The highest BCUT2D eigenvalue weighted by Crippen LogP contribution is 2.49. The van der Waals surface area contributed by atoms with Crippen LogP contribution in [0.25, 0.3) is 11.0 Å². The van der Waals surface area contributed by atoms with Gasteiger partial charge in [-0.1, -0.05) is 12.1 Å². The number of amides is 4. The largest absolute Gasteiger partial charge is 0.371 e. The first-order valence-corrected chi connectivity index (χ1v) is 9.94. The van der Waals surface area contributed by atoms with Gasteiger partial charge >= 0.3 is 6.03 Å². The van der Waals surface area contributed by atoms with Crippen LogP contribution in [-0.2, 0) is 20.7 Å². The van der Waals surface area contributed by atoms with Crippen molar-refractivity contribution in [2.24, 2.45) is 5.41 Å². The van der Waals surface area contributed by atoms with Crippen LogP contribution < -0.4 is 15.5 Å². The molecule has 1 aromatic carbocycles. The number of morpholine rings is 1. The van der Waals surface area contributed by atoms with Gasteiger partial charge in [-0.15, -0.1) is 0 Å². The molecule has 158 valence electrons. The molecular weight excluding hydrogens is 395 g/mol. The Bertz CT molecular complexity index is 1090. The summed E-state index contributed by atoms with van der Waals surface area (Å²) in [4.78, 5) is 39.8. The highest BCUT2D eigenvalue weighted by molar-refractivity contribution is 6.20. The molecular formula is C20H21FN4O5. The molecule has 3 aliphatic heterocycles. The van der Waals surface area contributed by atoms with Crippen molar-refractivity contribution in [3.8, 4) is 0 Å². The average molecular weight is 416 g/mol. The van der Waals surface area contributed by atoms with E-state index < -0.39 is 41.2 Å². The van der Waals surface area contributed by atoms with E-state index in [1.54, 1.807) is 17.9 Å². The zero-order chi connectivity index (χ0) is 21.4. The van der Waals surface area contributed by atoms with Crippen molar-refractivity contribution in [3.05, 3.63) is 23.1 Å². The second-order valence-corrected chi connectivity index (χ2v) is 8.22. The Hall–Kier alpha value is -3.01. The molecule has 0 radical (unpaired) electrons. The second kappa shape index (κ2) is 6.24. The third-order valence-corrected chi connectivity index (χ3v) is 6.42. The topological polar surface area (TPSA) is 114 Å². The normalized spacial score (nSPS) is 27.7. The number of hydrogen-bond acceptors (Lipinski definition) is 7. The molecule has 3 aliphatic rings. The molecule has 2 N–H and O–H groups in total. The number of anilines is 1. The molecule has 4 heterocycles. The molecule has 1 aromatic heterocycles. The van der Waals surface area contributed by atoms with Crippen molar-refractivity contribution in [2.75, 3.05) is 11.4 Å². The van der Waals surface area contributed by atoms with Gasteiger partial charge in [-0.2, -0.15) is 0 Å². The fourth-order valence-corrected chi connectivity index (χ4v) is 5.18. The summed E-state index contributed by atoms with van der Waals surface area (Å²) in [5.41, 5.74) is -0.294. The summed E-state index contributed by atoms with van der Waals surface area (Å²) in [7, 11) is 0. The Kier molecular flexibility index (Phi) is 3.95. The number of carbonyl (C=O) groups is 3. The number of aromatic nitrogens is 1. The summed E-state index contributed by atoms with van der Waals surface area (Å²) < 4.78 is 26.9. The van der Waals surface area contributed by atoms with Gasteiger partial charge in [-0.05, 0) is 31.9 Å². The lowest BCUT2D eigenvalue weighted by atomic mass is 9.66. The monoisotopic (exact) mass is 416 g/mol. The fraction of sp³-hybridized carbons (Fsp3) is 0.500. The minimum atomic E-state index is -1.63. The number of barbiturate groups is 1. The van der Waals surface area contributed by atoms with Crippen molar-refractivity contribution < 1.29 is 28.0 Å². The minimum Gasteiger partial charge on any atom is -0.371 e. The van der Waals surface area contributed by atoms with E-state index >= 15 is 4.39 Å². The molecule has 2 fully saturated rings. The third-order valence-electron chi connectivity index (χ3n) is 6.42. The molecule has 2 saturated heterocycles. The molecule has 0 unspecified atom stereocenters. The number of ether oxygens (including phenoxy) is 1. The van der Waals surface area contributed by atoms with Gasteiger partial charge in [0.25, 0.3) is 0 Å². The van der Waals surface area contributed by atoms with Gasteiger partial charge < -0.3 is 14.2 Å². The van der Waals surface area contributed by atoms with Crippen LogP contribution in [0.5, 0.6) is 0 Å². The molecule has 5 rings (SSSR count). The Morgan fingerprint density at radius 2 is 2.00 bits per heavy atom. The van der Waals surface area contributed by atoms with Crippen molar-refractivity contribution >= 4 is 34.5 Å². The lowest BCUT2D eigenvalue weighted by Crippen LogP contribution is -2.75. The molecule has 30 heavy (non-hydrogen) atoms. The van der Waals surface area contributed by atoms with Crippen LogP contribution >= 0.6 is 0 Å². The number of hydrogen-bond donors (Lipinski definition) is 2. The predicted octanol–water partition coefficient (Wildman–Crippen LogP) is 1.56. The zero-order valence-electron chi connectivity index (χ0n) is 16.7. The first kappa shape index (κ1) is 19.0. The first-order valence-electron chi connectivity index (χ1n) is 9.94. The number of nitrogens with one attached hydrogen (secondary N) is 2. The van der Waals surface area contributed by atoms with E-state index in [9.17, 15) is 14.4 Å². The van der Waals surface area contributed by atoms with E-state index in [4.69, 9.17) is 9.26 Å². The lowest BCUT2D eigenvalue weighted by molar-refractivity contribution is -0.154. The van der Waals surface area contributed by atoms with Gasteiger partial charge in [0.1, 0.15) is 0 Å². The van der Waals surface area contributed by atoms with E-state index in [-0.39, 0.29) is 24.7 Å². The third kappa shape index (κ3) is 2.31. The van der Waals surface area contributed by atoms with E-state index in [0.29, 0.717) is 28.8 Å². The minimum absolute atomic E-state index is 0.0425. The number of rotatable bonds is 1. The van der Waals surface area contributed by atoms with Crippen molar-refractivity contribution in [1.29, 1.82) is 0 Å². The first-order chi connectivity index (χ1) is 14.3. The highest BCUT2D eigenvalue weighted by atomic mass is 19.1. The van der Waals surface area contributed by atoms with E-state index in [2.05, 4.69) is 15.8 Å². The van der Waals surface area contributed by atoms with E-state index in [1.807, 2.05) is 13.8 Å². The number of carbonyl (C=O) groups excluding carboxylic acids is 3. The number of halogens is 1. The summed E-state index contributed by atoms with van der Waals surface area (Å²) in [5, 5.41) is 8.81. The average Bonchev–Trinajstić information content (AvgIpc) is 3.06. The molecule has 0 saturated carbocycles. The molecule has 1 spiro atoms. The maximum Gasteiger partial charge on any atom is 0.328 e. The Morgan fingerprint density at radius 1 is 1.30 bits per heavy atom. The van der Waals surface area contributed by atoms with Crippen LogP contribution in [0.3, 0.4) is 0 Å². The predicted molar refractivity (Wildman–Crippen MR) is 102 cm³/mol. The van der Waals surface area contributed by atoms with Crippen molar-refractivity contribution in [2.45, 2.75) is 51.9 Å². The van der Waals surface area contributed by atoms with Gasteiger partial charge in [-0.25, -0.2) is 9.18 Å². The SMILES string of the molecule is CC[C@@H]1O[C@H](C)CN2c3c(cc4c(C)noc4c3F)CC3(C(=O)NC(=O)NC3=O)[C@@H]12. The Morgan fingerprint density at radius 3 is 2.67 bits per heavy atom. The molecule has 0 aliphatic carbocycles. The van der Waals surface area contributed by atoms with E-state index in [1.165, 1.54) is 0 Å². The number of nitrogens with zero attached hydrogens (tertiary/aromatic N) is 2. The Labute approximate surface area is 170 Å². The number of benzene rings is 1. The highest BCUT2D eigenvalue weighted by Gasteiger charge is 2.63.